The third kappa shape index (κ3) is 3.08. The third-order valence-corrected chi connectivity index (χ3v) is 2.26. The van der Waals surface area contributed by atoms with Crippen LogP contribution in [0.25, 0.3) is 11.5 Å². The van der Waals surface area contributed by atoms with Gasteiger partial charge in [0.05, 0.1) is 11.1 Å². The molecule has 2 aromatic heterocycles. The van der Waals surface area contributed by atoms with E-state index < -0.39 is 11.7 Å². The van der Waals surface area contributed by atoms with Gasteiger partial charge in [0, 0.05) is 19.0 Å². The predicted molar refractivity (Wildman–Crippen MR) is 57.9 cm³/mol. The van der Waals surface area contributed by atoms with E-state index in [1.54, 1.807) is 6.92 Å². The van der Waals surface area contributed by atoms with Crippen LogP contribution in [0, 0.1) is 0 Å². The lowest BCUT2D eigenvalue weighted by Gasteiger charge is -2.08. The number of rotatable bonds is 4. The Labute approximate surface area is 106 Å². The molecule has 0 aromatic carbocycles. The molecule has 0 fully saturated rings. The van der Waals surface area contributed by atoms with Crippen molar-refractivity contribution in [1.82, 2.24) is 15.1 Å². The lowest BCUT2D eigenvalue weighted by molar-refractivity contribution is -0.137. The van der Waals surface area contributed by atoms with E-state index in [1.165, 1.54) is 0 Å². The van der Waals surface area contributed by atoms with E-state index in [2.05, 4.69) is 15.1 Å². The van der Waals surface area contributed by atoms with Crippen molar-refractivity contribution in [3.8, 4) is 11.5 Å². The van der Waals surface area contributed by atoms with Gasteiger partial charge in [-0.2, -0.15) is 18.2 Å². The van der Waals surface area contributed by atoms with Crippen molar-refractivity contribution in [2.75, 3.05) is 6.61 Å². The fourth-order valence-electron chi connectivity index (χ4n) is 1.43. The van der Waals surface area contributed by atoms with E-state index in [9.17, 15) is 13.2 Å². The molecular formula is C11H10F3N3O2. The Kier molecular flexibility index (Phi) is 3.79. The molecule has 0 aliphatic carbocycles. The Morgan fingerprint density at radius 1 is 1.37 bits per heavy atom. The third-order valence-electron chi connectivity index (χ3n) is 2.26. The first-order valence-electron chi connectivity index (χ1n) is 5.44. The maximum absolute atomic E-state index is 12.8. The molecule has 0 amide bonds. The van der Waals surface area contributed by atoms with E-state index in [0.29, 0.717) is 6.61 Å². The molecule has 0 bridgehead atoms. The zero-order chi connectivity index (χ0) is 13.9. The van der Waals surface area contributed by atoms with E-state index in [-0.39, 0.29) is 23.9 Å². The highest BCUT2D eigenvalue weighted by molar-refractivity contribution is 5.57. The molecule has 0 aliphatic rings. The topological polar surface area (TPSA) is 61.0 Å². The average Bonchev–Trinajstić information content (AvgIpc) is 2.84. The molecule has 8 heteroatoms. The van der Waals surface area contributed by atoms with Gasteiger partial charge in [-0.05, 0) is 13.0 Å². The molecule has 102 valence electrons. The van der Waals surface area contributed by atoms with Gasteiger partial charge in [0.2, 0.25) is 0 Å². The minimum Gasteiger partial charge on any atom is -0.374 e. The molecular weight excluding hydrogens is 263 g/mol. The Morgan fingerprint density at radius 3 is 2.84 bits per heavy atom. The van der Waals surface area contributed by atoms with Crippen LogP contribution in [-0.4, -0.2) is 21.7 Å². The minimum atomic E-state index is -4.51. The average molecular weight is 273 g/mol. The minimum absolute atomic E-state index is 0.0849. The van der Waals surface area contributed by atoms with Crippen LogP contribution in [0.5, 0.6) is 0 Å². The van der Waals surface area contributed by atoms with Gasteiger partial charge < -0.3 is 9.26 Å². The molecule has 0 spiro atoms. The van der Waals surface area contributed by atoms with Crippen molar-refractivity contribution in [2.24, 2.45) is 0 Å². The van der Waals surface area contributed by atoms with E-state index in [0.717, 1.165) is 18.5 Å². The molecule has 0 aliphatic heterocycles. The smallest absolute Gasteiger partial charge is 0.374 e. The first-order chi connectivity index (χ1) is 9.02. The van der Waals surface area contributed by atoms with Crippen LogP contribution in [0.15, 0.2) is 23.0 Å². The van der Waals surface area contributed by atoms with Gasteiger partial charge in [-0.15, -0.1) is 0 Å². The highest BCUT2D eigenvalue weighted by atomic mass is 19.4. The lowest BCUT2D eigenvalue weighted by Crippen LogP contribution is -2.07. The molecule has 0 saturated heterocycles. The van der Waals surface area contributed by atoms with E-state index in [1.807, 2.05) is 0 Å². The standard InChI is InChI=1S/C11H10F3N3O2/c1-2-18-6-9-16-10(19-17-9)7-5-15-4-3-8(7)11(12,13)14/h3-5H,2,6H2,1H3. The molecule has 5 nitrogen and oxygen atoms in total. The highest BCUT2D eigenvalue weighted by Gasteiger charge is 2.35. The number of ether oxygens (including phenoxy) is 1. The Hall–Kier alpha value is -1.96. The molecule has 0 saturated carbocycles. The molecule has 2 rings (SSSR count). The normalized spacial score (nSPS) is 11.8. The summed E-state index contributed by atoms with van der Waals surface area (Å²) < 4.78 is 48.2. The Morgan fingerprint density at radius 2 is 2.16 bits per heavy atom. The van der Waals surface area contributed by atoms with Crippen LogP contribution in [-0.2, 0) is 17.5 Å². The number of halogens is 3. The van der Waals surface area contributed by atoms with E-state index >= 15 is 0 Å². The van der Waals surface area contributed by atoms with Crippen molar-refractivity contribution in [3.05, 3.63) is 29.8 Å². The summed E-state index contributed by atoms with van der Waals surface area (Å²) in [6.07, 6.45) is -2.41. The first-order valence-corrected chi connectivity index (χ1v) is 5.44. The number of pyridine rings is 1. The lowest BCUT2D eigenvalue weighted by atomic mass is 10.1. The molecule has 2 aromatic rings. The Balaban J connectivity index is 2.34. The van der Waals surface area contributed by atoms with Crippen molar-refractivity contribution in [1.29, 1.82) is 0 Å². The van der Waals surface area contributed by atoms with Crippen LogP contribution >= 0.6 is 0 Å². The zero-order valence-corrected chi connectivity index (χ0v) is 9.94. The number of nitrogens with zero attached hydrogens (tertiary/aromatic N) is 3. The molecule has 0 N–H and O–H groups in total. The van der Waals surface area contributed by atoms with Crippen molar-refractivity contribution >= 4 is 0 Å². The second-order valence-electron chi connectivity index (χ2n) is 3.57. The van der Waals surface area contributed by atoms with Gasteiger partial charge in [-0.25, -0.2) is 0 Å². The van der Waals surface area contributed by atoms with Crippen molar-refractivity contribution < 1.29 is 22.4 Å². The summed E-state index contributed by atoms with van der Waals surface area (Å²) >= 11 is 0. The monoisotopic (exact) mass is 273 g/mol. The van der Waals surface area contributed by atoms with Gasteiger partial charge in [0.1, 0.15) is 6.61 Å². The number of alkyl halides is 3. The van der Waals surface area contributed by atoms with Crippen LogP contribution < -0.4 is 0 Å². The van der Waals surface area contributed by atoms with Gasteiger partial charge >= 0.3 is 6.18 Å². The number of aromatic nitrogens is 3. The predicted octanol–water partition coefficient (Wildman–Crippen LogP) is 2.69. The number of hydrogen-bond acceptors (Lipinski definition) is 5. The van der Waals surface area contributed by atoms with Gasteiger partial charge in [0.25, 0.3) is 5.89 Å². The quantitative estimate of drug-likeness (QED) is 0.857. The van der Waals surface area contributed by atoms with Crippen molar-refractivity contribution in [3.63, 3.8) is 0 Å². The first kappa shape index (κ1) is 13.5. The fourth-order valence-corrected chi connectivity index (χ4v) is 1.43. The molecule has 0 atom stereocenters. The molecule has 19 heavy (non-hydrogen) atoms. The summed E-state index contributed by atoms with van der Waals surface area (Å²) in [7, 11) is 0. The summed E-state index contributed by atoms with van der Waals surface area (Å²) in [6, 6.07) is 0.863. The largest absolute Gasteiger partial charge is 0.417 e. The van der Waals surface area contributed by atoms with Gasteiger partial charge in [0.15, 0.2) is 5.82 Å². The van der Waals surface area contributed by atoms with Crippen molar-refractivity contribution in [2.45, 2.75) is 19.7 Å². The van der Waals surface area contributed by atoms with Crippen LogP contribution in [0.2, 0.25) is 0 Å². The van der Waals surface area contributed by atoms with Crippen LogP contribution in [0.4, 0.5) is 13.2 Å². The molecule has 2 heterocycles. The Bertz CT molecular complexity index is 554. The summed E-state index contributed by atoms with van der Waals surface area (Å²) in [5, 5.41) is 3.55. The second kappa shape index (κ2) is 5.35. The summed E-state index contributed by atoms with van der Waals surface area (Å²) in [5.74, 6) is -0.0380. The summed E-state index contributed by atoms with van der Waals surface area (Å²) in [5.41, 5.74) is -1.11. The summed E-state index contributed by atoms with van der Waals surface area (Å²) in [4.78, 5) is 7.50. The number of hydrogen-bond donors (Lipinski definition) is 0. The maximum Gasteiger partial charge on any atom is 0.417 e. The van der Waals surface area contributed by atoms with Crippen LogP contribution in [0.1, 0.15) is 18.3 Å². The van der Waals surface area contributed by atoms with Crippen LogP contribution in [0.3, 0.4) is 0 Å². The molecule has 0 radical (unpaired) electrons. The van der Waals surface area contributed by atoms with E-state index in [4.69, 9.17) is 9.26 Å². The zero-order valence-electron chi connectivity index (χ0n) is 9.94. The van der Waals surface area contributed by atoms with Gasteiger partial charge in [-0.1, -0.05) is 5.16 Å². The highest BCUT2D eigenvalue weighted by Crippen LogP contribution is 2.35. The fraction of sp³-hybridized carbons (Fsp3) is 0.364. The summed E-state index contributed by atoms with van der Waals surface area (Å²) in [6.45, 7) is 2.32. The second-order valence-corrected chi connectivity index (χ2v) is 3.57. The SMILES string of the molecule is CCOCc1noc(-c2cnccc2C(F)(F)F)n1. The molecule has 0 unspecified atom stereocenters. The maximum atomic E-state index is 12.8. The van der Waals surface area contributed by atoms with Gasteiger partial charge in [-0.3, -0.25) is 4.98 Å².